The van der Waals surface area contributed by atoms with Gasteiger partial charge in [0, 0.05) is 17.5 Å². The number of hydrogen-bond donors (Lipinski definition) is 1. The average Bonchev–Trinajstić information content (AvgIpc) is 3.20. The van der Waals surface area contributed by atoms with Crippen LogP contribution in [-0.2, 0) is 21.1 Å². The summed E-state index contributed by atoms with van der Waals surface area (Å²) in [6, 6.07) is 27.1. The number of allylic oxidation sites excluding steroid dienone is 1. The maximum atomic E-state index is 9.45. The quantitative estimate of drug-likeness (QED) is 0.190. The van der Waals surface area contributed by atoms with Crippen LogP contribution in [0.15, 0.2) is 89.0 Å². The summed E-state index contributed by atoms with van der Waals surface area (Å²) in [6.07, 6.45) is 3.00. The van der Waals surface area contributed by atoms with Crippen LogP contribution in [0.5, 0.6) is 0 Å². The van der Waals surface area contributed by atoms with E-state index in [9.17, 15) is 13.0 Å². The Morgan fingerprint density at radius 3 is 2.17 bits per heavy atom. The molecule has 184 valence electrons. The van der Waals surface area contributed by atoms with Gasteiger partial charge >= 0.3 is 5.89 Å². The molecule has 4 rings (SSSR count). The molecule has 1 N–H and O–H groups in total. The second-order valence-electron chi connectivity index (χ2n) is 7.56. The van der Waals surface area contributed by atoms with Crippen LogP contribution in [-0.4, -0.2) is 19.6 Å². The molecule has 0 aliphatic rings. The smallest absolute Gasteiger partial charge is 0.375 e. The predicted octanol–water partition coefficient (Wildman–Crippen LogP) is 5.75. The Labute approximate surface area is 206 Å². The fourth-order valence-electron chi connectivity index (χ4n) is 3.57. The Hall–Kier alpha value is -3.46. The lowest BCUT2D eigenvalue weighted by Gasteiger charge is -2.07. The molecule has 0 radical (unpaired) electrons. The van der Waals surface area contributed by atoms with Crippen LogP contribution in [0.3, 0.4) is 0 Å². The first-order chi connectivity index (χ1) is 16.8. The molecule has 1 heterocycles. The molecule has 0 atom stereocenters. The molecule has 3 aromatic carbocycles. The van der Waals surface area contributed by atoms with Crippen LogP contribution in [0.1, 0.15) is 33.1 Å². The minimum atomic E-state index is -4.42. The lowest BCUT2D eigenvalue weighted by molar-refractivity contribution is -0.674. The zero-order valence-corrected chi connectivity index (χ0v) is 20.9. The van der Waals surface area contributed by atoms with Gasteiger partial charge in [0.2, 0.25) is 16.0 Å². The van der Waals surface area contributed by atoms with E-state index in [0.717, 1.165) is 41.3 Å². The molecule has 1 aromatic heterocycles. The molecule has 0 unspecified atom stereocenters. The van der Waals surface area contributed by atoms with E-state index in [1.807, 2.05) is 24.3 Å². The number of aryl methyl sites for hydroxylation is 1. The SMILES string of the molecule is CCC(=Cc1oc2ccc(-c3ccccc3)cc2[n+]1CC)Nc1ccccc1.CCOS(=O)(=O)[O-]. The van der Waals surface area contributed by atoms with Gasteiger partial charge < -0.3 is 14.3 Å². The first-order valence-corrected chi connectivity index (χ1v) is 12.8. The maximum Gasteiger partial charge on any atom is 0.375 e. The topological polar surface area (TPSA) is 95.5 Å². The Morgan fingerprint density at radius 1 is 0.971 bits per heavy atom. The molecule has 4 aromatic rings. The number of para-hydroxylation sites is 1. The second-order valence-corrected chi connectivity index (χ2v) is 8.61. The predicted molar refractivity (Wildman–Crippen MR) is 137 cm³/mol. The van der Waals surface area contributed by atoms with Gasteiger partial charge in [-0.2, -0.15) is 4.57 Å². The van der Waals surface area contributed by atoms with Crippen LogP contribution >= 0.6 is 0 Å². The van der Waals surface area contributed by atoms with E-state index in [-0.39, 0.29) is 6.61 Å². The number of fused-ring (bicyclic) bond motifs is 1. The lowest BCUT2D eigenvalue weighted by Crippen LogP contribution is -2.33. The van der Waals surface area contributed by atoms with E-state index >= 15 is 0 Å². The van der Waals surface area contributed by atoms with Crippen LogP contribution in [0.25, 0.3) is 28.3 Å². The van der Waals surface area contributed by atoms with Gasteiger partial charge in [-0.05, 0) is 49.6 Å². The minimum Gasteiger partial charge on any atom is -0.726 e. The zero-order valence-electron chi connectivity index (χ0n) is 20.1. The largest absolute Gasteiger partial charge is 0.726 e. The minimum absolute atomic E-state index is 0.0914. The number of hydrogen-bond acceptors (Lipinski definition) is 6. The Bertz CT molecular complexity index is 1360. The second kappa shape index (κ2) is 12.3. The molecule has 0 aliphatic carbocycles. The number of oxazole rings is 1. The molecular weight excluding hydrogens is 464 g/mol. The summed E-state index contributed by atoms with van der Waals surface area (Å²) < 4.78 is 40.4. The van der Waals surface area contributed by atoms with Gasteiger partial charge in [0.1, 0.15) is 6.54 Å². The molecule has 0 bridgehead atoms. The summed E-state index contributed by atoms with van der Waals surface area (Å²) >= 11 is 0. The fourth-order valence-corrected chi connectivity index (χ4v) is 3.86. The third-order valence-corrected chi connectivity index (χ3v) is 5.70. The highest BCUT2D eigenvalue weighted by Crippen LogP contribution is 2.25. The molecule has 0 spiro atoms. The molecule has 0 saturated carbocycles. The Kier molecular flexibility index (Phi) is 9.19. The monoisotopic (exact) mass is 494 g/mol. The van der Waals surface area contributed by atoms with Gasteiger partial charge in [0.05, 0.1) is 12.7 Å². The number of aromatic nitrogens is 1. The van der Waals surface area contributed by atoms with Crippen LogP contribution in [0, 0.1) is 0 Å². The standard InChI is InChI=1S/C25H24N2O.C2H6O4S/c1-3-21(26-22-13-9-6-10-14-22)18-25-27(4-2)23-17-20(15-16-24(23)28-25)19-11-7-5-8-12-19;1-2-6-7(3,4)5/h5-18H,3-4H2,1-2H3;2H2,1H3,(H,3,4,5). The highest BCUT2D eigenvalue weighted by Gasteiger charge is 2.20. The van der Waals surface area contributed by atoms with Gasteiger partial charge in [-0.15, -0.1) is 0 Å². The van der Waals surface area contributed by atoms with E-state index in [2.05, 4.69) is 88.6 Å². The number of rotatable bonds is 8. The third kappa shape index (κ3) is 7.51. The van der Waals surface area contributed by atoms with E-state index in [1.54, 1.807) is 0 Å². The zero-order chi connectivity index (χ0) is 25.3. The van der Waals surface area contributed by atoms with Crippen molar-refractivity contribution < 1.29 is 26.1 Å². The fraction of sp³-hybridized carbons (Fsp3) is 0.222. The van der Waals surface area contributed by atoms with E-state index in [0.29, 0.717) is 0 Å². The summed E-state index contributed by atoms with van der Waals surface area (Å²) in [5.74, 6) is 0.864. The molecule has 7 nitrogen and oxygen atoms in total. The third-order valence-electron chi connectivity index (χ3n) is 5.17. The van der Waals surface area contributed by atoms with Crippen molar-refractivity contribution >= 4 is 33.3 Å². The Balaban J connectivity index is 0.000000429. The average molecular weight is 495 g/mol. The van der Waals surface area contributed by atoms with Crippen molar-refractivity contribution in [3.63, 3.8) is 0 Å². The van der Waals surface area contributed by atoms with Crippen LogP contribution < -0.4 is 9.88 Å². The Morgan fingerprint density at radius 2 is 1.63 bits per heavy atom. The molecule has 0 aliphatic heterocycles. The highest BCUT2D eigenvalue weighted by atomic mass is 32.3. The number of anilines is 1. The van der Waals surface area contributed by atoms with Gasteiger partial charge in [-0.3, -0.25) is 4.18 Å². The van der Waals surface area contributed by atoms with Gasteiger partial charge in [-0.25, -0.2) is 8.42 Å². The molecule has 8 heteroatoms. The lowest BCUT2D eigenvalue weighted by atomic mass is 10.1. The van der Waals surface area contributed by atoms with Gasteiger partial charge in [0.25, 0.3) is 5.52 Å². The van der Waals surface area contributed by atoms with E-state index < -0.39 is 10.4 Å². The molecular formula is C27H30N2O5S. The van der Waals surface area contributed by atoms with E-state index in [4.69, 9.17) is 4.42 Å². The van der Waals surface area contributed by atoms with Crippen molar-refractivity contribution in [3.8, 4) is 11.1 Å². The number of nitrogens with one attached hydrogen (secondary N) is 1. The van der Waals surface area contributed by atoms with Crippen molar-refractivity contribution in [3.05, 3.63) is 90.5 Å². The van der Waals surface area contributed by atoms with Crippen molar-refractivity contribution in [1.29, 1.82) is 0 Å². The first-order valence-electron chi connectivity index (χ1n) is 11.5. The summed E-state index contributed by atoms with van der Waals surface area (Å²) in [5.41, 5.74) is 6.64. The molecule has 0 saturated heterocycles. The maximum absolute atomic E-state index is 9.45. The summed E-state index contributed by atoms with van der Waals surface area (Å²) in [7, 11) is -4.42. The molecule has 35 heavy (non-hydrogen) atoms. The van der Waals surface area contributed by atoms with Gasteiger partial charge in [0.15, 0.2) is 0 Å². The van der Waals surface area contributed by atoms with Crippen molar-refractivity contribution in [2.24, 2.45) is 0 Å². The highest BCUT2D eigenvalue weighted by molar-refractivity contribution is 7.80. The summed E-state index contributed by atoms with van der Waals surface area (Å²) in [4.78, 5) is 0. The van der Waals surface area contributed by atoms with Crippen molar-refractivity contribution in [2.75, 3.05) is 11.9 Å². The number of nitrogens with zero attached hydrogens (tertiary/aromatic N) is 1. The normalized spacial score (nSPS) is 11.7. The number of benzene rings is 3. The summed E-state index contributed by atoms with van der Waals surface area (Å²) in [5, 5.41) is 3.50. The van der Waals surface area contributed by atoms with Crippen LogP contribution in [0.4, 0.5) is 5.69 Å². The molecule has 0 amide bonds. The van der Waals surface area contributed by atoms with Gasteiger partial charge in [-0.1, -0.05) is 61.5 Å². The summed E-state index contributed by atoms with van der Waals surface area (Å²) in [6.45, 7) is 6.48. The van der Waals surface area contributed by atoms with E-state index in [1.165, 1.54) is 18.1 Å². The molecule has 0 fully saturated rings. The van der Waals surface area contributed by atoms with Crippen LogP contribution in [0.2, 0.25) is 0 Å². The van der Waals surface area contributed by atoms with Crippen molar-refractivity contribution in [1.82, 2.24) is 0 Å². The first kappa shape index (κ1) is 26.2. The van der Waals surface area contributed by atoms with Crippen molar-refractivity contribution in [2.45, 2.75) is 33.7 Å².